The Hall–Kier alpha value is -2.90. The van der Waals surface area contributed by atoms with Crippen molar-refractivity contribution < 1.29 is 9.90 Å². The first-order chi connectivity index (χ1) is 10.2. The third-order valence-electron chi connectivity index (χ3n) is 2.97. The van der Waals surface area contributed by atoms with Crippen molar-refractivity contribution in [2.75, 3.05) is 0 Å². The molecule has 0 unspecified atom stereocenters. The Bertz CT molecular complexity index is 785. The minimum Gasteiger partial charge on any atom is -0.481 e. The molecule has 0 aliphatic rings. The number of aromatic nitrogens is 6. The second kappa shape index (κ2) is 5.61. The van der Waals surface area contributed by atoms with Gasteiger partial charge < -0.3 is 5.11 Å². The van der Waals surface area contributed by atoms with Gasteiger partial charge in [0.15, 0.2) is 0 Å². The summed E-state index contributed by atoms with van der Waals surface area (Å²) in [6.07, 6.45) is 2.14. The zero-order chi connectivity index (χ0) is 14.7. The number of carboxylic acid groups (broad SMARTS) is 1. The molecule has 0 fully saturated rings. The van der Waals surface area contributed by atoms with Crippen molar-refractivity contribution in [2.45, 2.75) is 19.4 Å². The van der Waals surface area contributed by atoms with Crippen molar-refractivity contribution in [3.63, 3.8) is 0 Å². The fourth-order valence-corrected chi connectivity index (χ4v) is 1.98. The highest BCUT2D eigenvalue weighted by Crippen LogP contribution is 2.16. The summed E-state index contributed by atoms with van der Waals surface area (Å²) in [6.45, 7) is 0.420. The van der Waals surface area contributed by atoms with Crippen molar-refractivity contribution in [1.82, 2.24) is 30.2 Å². The van der Waals surface area contributed by atoms with Crippen LogP contribution in [0.1, 0.15) is 12.8 Å². The largest absolute Gasteiger partial charge is 0.481 e. The maximum atomic E-state index is 10.5. The molecular formula is C13H12N6O2. The maximum Gasteiger partial charge on any atom is 0.303 e. The number of hydrogen-bond acceptors (Lipinski definition) is 6. The zero-order valence-electron chi connectivity index (χ0n) is 11.0. The van der Waals surface area contributed by atoms with Crippen LogP contribution in [0.25, 0.3) is 22.6 Å². The SMILES string of the molecule is O=C(O)CCCn1nnnc1-c1cnc2ccccc2n1. The summed E-state index contributed by atoms with van der Waals surface area (Å²) in [4.78, 5) is 19.3. The van der Waals surface area contributed by atoms with Crippen molar-refractivity contribution in [1.29, 1.82) is 0 Å². The quantitative estimate of drug-likeness (QED) is 0.748. The van der Waals surface area contributed by atoms with Crippen LogP contribution in [0.4, 0.5) is 0 Å². The third kappa shape index (κ3) is 2.83. The summed E-state index contributed by atoms with van der Waals surface area (Å²) in [7, 11) is 0. The van der Waals surface area contributed by atoms with E-state index in [-0.39, 0.29) is 6.42 Å². The molecule has 106 valence electrons. The Morgan fingerprint density at radius 2 is 2.05 bits per heavy atom. The highest BCUT2D eigenvalue weighted by atomic mass is 16.4. The van der Waals surface area contributed by atoms with E-state index in [2.05, 4.69) is 25.5 Å². The van der Waals surface area contributed by atoms with E-state index in [1.54, 1.807) is 10.9 Å². The lowest BCUT2D eigenvalue weighted by molar-refractivity contribution is -0.137. The average Bonchev–Trinajstić information content (AvgIpc) is 2.95. The Morgan fingerprint density at radius 3 is 2.86 bits per heavy atom. The molecule has 1 N–H and O–H groups in total. The van der Waals surface area contributed by atoms with E-state index >= 15 is 0 Å². The molecule has 1 aromatic carbocycles. The van der Waals surface area contributed by atoms with Gasteiger partial charge in [0, 0.05) is 13.0 Å². The Balaban J connectivity index is 1.88. The first-order valence-corrected chi connectivity index (χ1v) is 6.44. The van der Waals surface area contributed by atoms with Crippen molar-refractivity contribution >= 4 is 17.0 Å². The monoisotopic (exact) mass is 284 g/mol. The normalized spacial score (nSPS) is 10.9. The Morgan fingerprint density at radius 1 is 1.24 bits per heavy atom. The molecule has 0 bridgehead atoms. The molecule has 0 saturated heterocycles. The van der Waals surface area contributed by atoms with Gasteiger partial charge in [-0.1, -0.05) is 12.1 Å². The van der Waals surface area contributed by atoms with Gasteiger partial charge in [-0.25, -0.2) is 9.67 Å². The van der Waals surface area contributed by atoms with Gasteiger partial charge >= 0.3 is 5.97 Å². The number of hydrogen-bond donors (Lipinski definition) is 1. The van der Waals surface area contributed by atoms with Crippen LogP contribution in [-0.2, 0) is 11.3 Å². The molecule has 0 spiro atoms. The molecule has 0 aliphatic heterocycles. The number of carbonyl (C=O) groups is 1. The number of aryl methyl sites for hydroxylation is 1. The highest BCUT2D eigenvalue weighted by molar-refractivity contribution is 5.75. The molecule has 0 atom stereocenters. The maximum absolute atomic E-state index is 10.5. The second-order valence-corrected chi connectivity index (χ2v) is 4.47. The number of nitrogens with zero attached hydrogens (tertiary/aromatic N) is 6. The van der Waals surface area contributed by atoms with Crippen LogP contribution in [-0.4, -0.2) is 41.3 Å². The van der Waals surface area contributed by atoms with Crippen molar-refractivity contribution in [2.24, 2.45) is 0 Å². The molecule has 0 aliphatic carbocycles. The lowest BCUT2D eigenvalue weighted by Crippen LogP contribution is -2.06. The van der Waals surface area contributed by atoms with Gasteiger partial charge in [-0.05, 0) is 29.0 Å². The standard InChI is InChI=1S/C13H12N6O2/c20-12(21)6-3-7-19-13(16-17-18-19)11-8-14-9-4-1-2-5-10(9)15-11/h1-2,4-5,8H,3,6-7H2,(H,20,21). The van der Waals surface area contributed by atoms with Gasteiger partial charge in [0.2, 0.25) is 5.82 Å². The predicted octanol–water partition coefficient (Wildman–Crippen LogP) is 1.15. The topological polar surface area (TPSA) is 107 Å². The third-order valence-corrected chi connectivity index (χ3v) is 2.97. The summed E-state index contributed by atoms with van der Waals surface area (Å²) in [6, 6.07) is 7.52. The summed E-state index contributed by atoms with van der Waals surface area (Å²) in [5, 5.41) is 20.1. The highest BCUT2D eigenvalue weighted by Gasteiger charge is 2.12. The second-order valence-electron chi connectivity index (χ2n) is 4.47. The smallest absolute Gasteiger partial charge is 0.303 e. The van der Waals surface area contributed by atoms with Crippen LogP contribution in [0.2, 0.25) is 0 Å². The molecule has 3 aromatic rings. The van der Waals surface area contributed by atoms with E-state index in [4.69, 9.17) is 5.11 Å². The van der Waals surface area contributed by atoms with Crippen molar-refractivity contribution in [3.05, 3.63) is 30.5 Å². The average molecular weight is 284 g/mol. The van der Waals surface area contributed by atoms with Crippen LogP contribution >= 0.6 is 0 Å². The minimum absolute atomic E-state index is 0.0721. The summed E-state index contributed by atoms with van der Waals surface area (Å²) < 4.78 is 1.54. The van der Waals surface area contributed by atoms with E-state index in [1.807, 2.05) is 24.3 Å². The molecule has 21 heavy (non-hydrogen) atoms. The Labute approximate surface area is 119 Å². The van der Waals surface area contributed by atoms with Crippen molar-refractivity contribution in [3.8, 4) is 11.5 Å². The fraction of sp³-hybridized carbons (Fsp3) is 0.231. The van der Waals surface area contributed by atoms with Crippen LogP contribution in [0, 0.1) is 0 Å². The fourth-order valence-electron chi connectivity index (χ4n) is 1.98. The number of carboxylic acids is 1. The van der Waals surface area contributed by atoms with Crippen LogP contribution < -0.4 is 0 Å². The zero-order valence-corrected chi connectivity index (χ0v) is 11.0. The number of rotatable bonds is 5. The Kier molecular flexibility index (Phi) is 3.50. The molecule has 8 heteroatoms. The molecule has 0 amide bonds. The predicted molar refractivity (Wildman–Crippen MR) is 73.2 cm³/mol. The van der Waals surface area contributed by atoms with E-state index < -0.39 is 5.97 Å². The van der Waals surface area contributed by atoms with Gasteiger partial charge in [-0.2, -0.15) is 0 Å². The molecule has 0 saturated carbocycles. The molecule has 3 rings (SSSR count). The number of para-hydroxylation sites is 2. The summed E-state index contributed by atoms with van der Waals surface area (Å²) >= 11 is 0. The van der Waals surface area contributed by atoms with E-state index in [9.17, 15) is 4.79 Å². The number of tetrazole rings is 1. The number of fused-ring (bicyclic) bond motifs is 1. The van der Waals surface area contributed by atoms with Crippen LogP contribution in [0.5, 0.6) is 0 Å². The lowest BCUT2D eigenvalue weighted by atomic mass is 10.3. The van der Waals surface area contributed by atoms with E-state index in [0.717, 1.165) is 11.0 Å². The van der Waals surface area contributed by atoms with Crippen LogP contribution in [0.15, 0.2) is 30.5 Å². The van der Waals surface area contributed by atoms with Gasteiger partial charge in [0.05, 0.1) is 17.2 Å². The van der Waals surface area contributed by atoms with E-state index in [0.29, 0.717) is 24.5 Å². The molecule has 0 radical (unpaired) electrons. The molecule has 2 aromatic heterocycles. The first kappa shape index (κ1) is 13.1. The van der Waals surface area contributed by atoms with Gasteiger partial charge in [0.25, 0.3) is 0 Å². The molecule has 8 nitrogen and oxygen atoms in total. The first-order valence-electron chi connectivity index (χ1n) is 6.44. The van der Waals surface area contributed by atoms with Gasteiger partial charge in [0.1, 0.15) is 5.69 Å². The minimum atomic E-state index is -0.838. The molecule has 2 heterocycles. The van der Waals surface area contributed by atoms with E-state index in [1.165, 1.54) is 0 Å². The van der Waals surface area contributed by atoms with Crippen LogP contribution in [0.3, 0.4) is 0 Å². The van der Waals surface area contributed by atoms with Gasteiger partial charge in [-0.3, -0.25) is 9.78 Å². The molecular weight excluding hydrogens is 272 g/mol. The van der Waals surface area contributed by atoms with Gasteiger partial charge in [-0.15, -0.1) is 5.10 Å². The summed E-state index contributed by atoms with van der Waals surface area (Å²) in [5.41, 5.74) is 2.12. The number of benzene rings is 1. The lowest BCUT2D eigenvalue weighted by Gasteiger charge is -2.03. The summed E-state index contributed by atoms with van der Waals surface area (Å²) in [5.74, 6) is -0.353. The number of aliphatic carboxylic acids is 1.